The maximum atomic E-state index is 10.7. The Hall–Kier alpha value is -2.64. The third-order valence-corrected chi connectivity index (χ3v) is 6.25. The molecule has 0 aromatic heterocycles. The molecule has 1 saturated carbocycles. The van der Waals surface area contributed by atoms with E-state index in [0.717, 1.165) is 54.9 Å². The number of para-hydroxylation sites is 2. The van der Waals surface area contributed by atoms with Gasteiger partial charge in [-0.3, -0.25) is 9.98 Å². The third kappa shape index (κ3) is 9.63. The van der Waals surface area contributed by atoms with Gasteiger partial charge in [0, 0.05) is 46.3 Å². The van der Waals surface area contributed by atoms with E-state index in [4.69, 9.17) is 19.9 Å². The van der Waals surface area contributed by atoms with Gasteiger partial charge in [-0.25, -0.2) is 0 Å². The van der Waals surface area contributed by atoms with E-state index in [1.807, 2.05) is 36.4 Å². The maximum absolute atomic E-state index is 10.7. The summed E-state index contributed by atoms with van der Waals surface area (Å²) in [5, 5.41) is 30.4. The van der Waals surface area contributed by atoms with Crippen molar-refractivity contribution < 1.29 is 36.9 Å². The maximum Gasteiger partial charge on any atom is 0.128 e. The molecule has 2 aromatic rings. The summed E-state index contributed by atoms with van der Waals surface area (Å²) in [7, 11) is 0. The number of phenolic OH excluding ortho intramolecular Hbond substituents is 2. The summed E-state index contributed by atoms with van der Waals surface area (Å²) in [5.74, 6) is -0.466. The molecule has 1 aliphatic carbocycles. The molecule has 0 saturated heterocycles. The molecule has 37 heavy (non-hydrogen) atoms. The van der Waals surface area contributed by atoms with Crippen LogP contribution >= 0.6 is 0 Å². The van der Waals surface area contributed by atoms with Crippen molar-refractivity contribution in [1.29, 1.82) is 0 Å². The number of carboxylic acids is 1. The number of hydrogen-bond acceptors (Lipinski definition) is 6. The Labute approximate surface area is 232 Å². The van der Waals surface area contributed by atoms with Crippen LogP contribution in [0.25, 0.3) is 0 Å². The molecule has 0 heterocycles. The van der Waals surface area contributed by atoms with Gasteiger partial charge in [0.05, 0.1) is 12.1 Å². The van der Waals surface area contributed by atoms with Crippen LogP contribution in [0.15, 0.2) is 46.4 Å². The van der Waals surface area contributed by atoms with E-state index < -0.39 is 5.97 Å². The van der Waals surface area contributed by atoms with Crippen LogP contribution < -0.4 is 5.11 Å². The summed E-state index contributed by atoms with van der Waals surface area (Å²) in [6, 6.07) is 11.9. The minimum absolute atomic E-state index is 0. The van der Waals surface area contributed by atoms with Crippen LogP contribution in [0.1, 0.15) is 96.4 Å². The first-order valence-electron chi connectivity index (χ1n) is 12.6. The average Bonchev–Trinajstić information content (AvgIpc) is 2.76. The predicted octanol–water partition coefficient (Wildman–Crippen LogP) is 5.30. The standard InChI is InChI=1S/C28H38N2O2.C2H4O2.Co/c1-27(2,3)21-13-9-11-19(25(21)31)17-29-23-15-7-8-16-24(23)30-18-20-12-10-14-22(26(20)32)28(4,5)6;1-2(3)4;/h9-14,17-18,23-24,31-32H,7-8,15-16H2,1-6H3;1H3,(H,3,4);/p-1/t23-,24-;;/m1../s1. The number of hydrogen-bond donors (Lipinski definition) is 2. The number of phenols is 2. The Morgan fingerprint density at radius 2 is 1.14 bits per heavy atom. The normalized spacial score (nSPS) is 18.2. The van der Waals surface area contributed by atoms with Gasteiger partial charge in [0.1, 0.15) is 11.5 Å². The van der Waals surface area contributed by atoms with E-state index in [0.29, 0.717) is 11.5 Å². The third-order valence-electron chi connectivity index (χ3n) is 6.25. The topological polar surface area (TPSA) is 105 Å². The van der Waals surface area contributed by atoms with Crippen molar-refractivity contribution in [1.82, 2.24) is 0 Å². The van der Waals surface area contributed by atoms with Crippen molar-refractivity contribution in [2.24, 2.45) is 9.98 Å². The molecule has 0 bridgehead atoms. The van der Waals surface area contributed by atoms with Crippen molar-refractivity contribution in [3.05, 3.63) is 58.7 Å². The van der Waals surface area contributed by atoms with Crippen LogP contribution in [-0.4, -0.2) is 40.7 Å². The first-order valence-corrected chi connectivity index (χ1v) is 12.6. The Balaban J connectivity index is 0.00000127. The molecule has 0 spiro atoms. The largest absolute Gasteiger partial charge is 0.550 e. The SMILES string of the molecule is CC(=O)[O-].CC(C)(C)c1cccc(C=N[C@@H]2CCCC[C@H]2N=Cc2cccc(C(C)(C)C)c2O)c1O.[Co]. The summed E-state index contributed by atoms with van der Waals surface area (Å²) in [6.07, 6.45) is 7.83. The molecule has 1 aliphatic rings. The second-order valence-electron chi connectivity index (χ2n) is 11.5. The van der Waals surface area contributed by atoms with Gasteiger partial charge >= 0.3 is 0 Å². The van der Waals surface area contributed by atoms with Crippen LogP contribution in [0.4, 0.5) is 0 Å². The van der Waals surface area contributed by atoms with Crippen molar-refractivity contribution in [2.75, 3.05) is 0 Å². The molecular formula is C30H41CoN2O4-. The van der Waals surface area contributed by atoms with Gasteiger partial charge in [0.2, 0.25) is 0 Å². The van der Waals surface area contributed by atoms with E-state index in [9.17, 15) is 10.2 Å². The van der Waals surface area contributed by atoms with E-state index in [1.165, 1.54) is 0 Å². The van der Waals surface area contributed by atoms with Crippen molar-refractivity contribution in [3.8, 4) is 11.5 Å². The minimum Gasteiger partial charge on any atom is -0.550 e. The molecule has 1 fully saturated rings. The predicted molar refractivity (Wildman–Crippen MR) is 146 cm³/mol. The number of nitrogens with zero attached hydrogens (tertiary/aromatic N) is 2. The number of aliphatic carboxylic acids is 1. The minimum atomic E-state index is -1.08. The number of aromatic hydroxyl groups is 2. The van der Waals surface area contributed by atoms with Gasteiger partial charge in [-0.05, 0) is 53.9 Å². The van der Waals surface area contributed by atoms with Crippen molar-refractivity contribution >= 4 is 18.4 Å². The van der Waals surface area contributed by atoms with Gasteiger partial charge in [-0.15, -0.1) is 0 Å². The monoisotopic (exact) mass is 552 g/mol. The number of benzene rings is 2. The Morgan fingerprint density at radius 1 is 0.811 bits per heavy atom. The Bertz CT molecular complexity index is 1010. The van der Waals surface area contributed by atoms with Crippen molar-refractivity contribution in [3.63, 3.8) is 0 Å². The summed E-state index contributed by atoms with van der Waals surface area (Å²) < 4.78 is 0. The fourth-order valence-corrected chi connectivity index (χ4v) is 4.33. The molecule has 3 rings (SSSR count). The summed E-state index contributed by atoms with van der Waals surface area (Å²) in [4.78, 5) is 18.6. The molecule has 205 valence electrons. The molecular weight excluding hydrogens is 511 g/mol. The van der Waals surface area contributed by atoms with Gasteiger partial charge in [-0.1, -0.05) is 78.6 Å². The number of carbonyl (C=O) groups excluding carboxylic acids is 1. The Kier molecular flexibility index (Phi) is 12.1. The molecule has 1 radical (unpaired) electrons. The molecule has 2 N–H and O–H groups in total. The zero-order valence-electron chi connectivity index (χ0n) is 23.0. The second-order valence-corrected chi connectivity index (χ2v) is 11.5. The van der Waals surface area contributed by atoms with E-state index in [1.54, 1.807) is 12.4 Å². The molecule has 0 amide bonds. The first kappa shape index (κ1) is 32.4. The molecule has 2 atom stereocenters. The molecule has 2 aromatic carbocycles. The smallest absolute Gasteiger partial charge is 0.128 e. The fraction of sp³-hybridized carbons (Fsp3) is 0.500. The van der Waals surface area contributed by atoms with E-state index in [2.05, 4.69) is 41.5 Å². The first-order chi connectivity index (χ1) is 16.7. The number of carbonyl (C=O) groups is 1. The fourth-order valence-electron chi connectivity index (χ4n) is 4.33. The van der Waals surface area contributed by atoms with Crippen molar-refractivity contribution in [2.45, 2.75) is 97.1 Å². The average molecular weight is 553 g/mol. The van der Waals surface area contributed by atoms with Crippen LogP contribution in [0, 0.1) is 0 Å². The summed E-state index contributed by atoms with van der Waals surface area (Å²) in [6.45, 7) is 13.5. The van der Waals surface area contributed by atoms with Crippen LogP contribution in [0.2, 0.25) is 0 Å². The van der Waals surface area contributed by atoms with Crippen LogP contribution in [0.3, 0.4) is 0 Å². The molecule has 0 unspecified atom stereocenters. The molecule has 7 heteroatoms. The number of rotatable bonds is 4. The Morgan fingerprint density at radius 3 is 1.43 bits per heavy atom. The second kappa shape index (κ2) is 13.8. The number of carboxylic acid groups (broad SMARTS) is 1. The van der Waals surface area contributed by atoms with Gasteiger partial charge in [0.15, 0.2) is 0 Å². The van der Waals surface area contributed by atoms with E-state index in [-0.39, 0.29) is 39.7 Å². The van der Waals surface area contributed by atoms with Crippen LogP contribution in [0.5, 0.6) is 11.5 Å². The number of aliphatic imine (C=N–C) groups is 2. The van der Waals surface area contributed by atoms with Gasteiger partial charge < -0.3 is 20.1 Å². The molecule has 0 aliphatic heterocycles. The zero-order chi connectivity index (χ0) is 27.1. The van der Waals surface area contributed by atoms with Gasteiger partial charge in [0.25, 0.3) is 0 Å². The summed E-state index contributed by atoms with van der Waals surface area (Å²) in [5.41, 5.74) is 3.09. The zero-order valence-corrected chi connectivity index (χ0v) is 24.1. The van der Waals surface area contributed by atoms with Crippen LogP contribution in [-0.2, 0) is 32.4 Å². The summed E-state index contributed by atoms with van der Waals surface area (Å²) >= 11 is 0. The van der Waals surface area contributed by atoms with Gasteiger partial charge in [-0.2, -0.15) is 0 Å². The quantitative estimate of drug-likeness (QED) is 0.503. The van der Waals surface area contributed by atoms with E-state index >= 15 is 0 Å². The molecule has 6 nitrogen and oxygen atoms in total.